The van der Waals surface area contributed by atoms with E-state index >= 15 is 0 Å². The van der Waals surface area contributed by atoms with Crippen LogP contribution >= 0.6 is 0 Å². The zero-order valence-corrected chi connectivity index (χ0v) is 18.5. The van der Waals surface area contributed by atoms with E-state index in [-0.39, 0.29) is 11.7 Å². The van der Waals surface area contributed by atoms with Crippen molar-refractivity contribution in [3.63, 3.8) is 0 Å². The molecule has 0 atom stereocenters. The highest BCUT2D eigenvalue weighted by molar-refractivity contribution is 6.05. The van der Waals surface area contributed by atoms with Crippen molar-refractivity contribution in [1.82, 2.24) is 20.0 Å². The summed E-state index contributed by atoms with van der Waals surface area (Å²) < 4.78 is 14.9. The molecule has 2 N–H and O–H groups in total. The molecule has 0 aliphatic carbocycles. The van der Waals surface area contributed by atoms with Gasteiger partial charge in [0.05, 0.1) is 17.4 Å². The van der Waals surface area contributed by atoms with Crippen molar-refractivity contribution in [3.8, 4) is 22.4 Å². The highest BCUT2D eigenvalue weighted by Gasteiger charge is 2.15. The maximum Gasteiger partial charge on any atom is 0.256 e. The summed E-state index contributed by atoms with van der Waals surface area (Å²) in [7, 11) is 1.79. The number of anilines is 1. The van der Waals surface area contributed by atoms with Crippen LogP contribution in [0.25, 0.3) is 33.3 Å². The number of hydrogen-bond acceptors (Lipinski definition) is 3. The molecule has 0 radical (unpaired) electrons. The fourth-order valence-electron chi connectivity index (χ4n) is 4.00. The van der Waals surface area contributed by atoms with E-state index in [2.05, 4.69) is 20.6 Å². The van der Waals surface area contributed by atoms with Gasteiger partial charge in [0, 0.05) is 29.1 Å². The molecule has 0 aliphatic heterocycles. The standard InChI is InChI=1S/C26H22FN5O/c1-15-4-5-19(26(33)29-25-16(2)14-28-32(25)3)12-22(15)18-8-11-21-23(13-18)30-31-24(21)17-6-9-20(27)10-7-17/h4-14H,1-3H3,(H,29,33)(H,30,31). The molecule has 164 valence electrons. The Morgan fingerprint density at radius 1 is 0.970 bits per heavy atom. The first-order valence-corrected chi connectivity index (χ1v) is 10.6. The average molecular weight is 439 g/mol. The normalized spacial score (nSPS) is 11.2. The van der Waals surface area contributed by atoms with Gasteiger partial charge in [0.25, 0.3) is 5.91 Å². The fraction of sp³-hybridized carbons (Fsp3) is 0.115. The zero-order valence-electron chi connectivity index (χ0n) is 18.5. The predicted molar refractivity (Wildman–Crippen MR) is 128 cm³/mol. The van der Waals surface area contributed by atoms with E-state index in [1.165, 1.54) is 12.1 Å². The Kier molecular flexibility index (Phi) is 5.01. The van der Waals surface area contributed by atoms with Crippen LogP contribution in [0.1, 0.15) is 21.5 Å². The second-order valence-corrected chi connectivity index (χ2v) is 8.12. The van der Waals surface area contributed by atoms with Crippen LogP contribution in [0.2, 0.25) is 0 Å². The first-order chi connectivity index (χ1) is 15.9. The number of aromatic amines is 1. The zero-order chi connectivity index (χ0) is 23.1. The quantitative estimate of drug-likeness (QED) is 0.381. The molecule has 0 fully saturated rings. The molecule has 0 bridgehead atoms. The number of aromatic nitrogens is 4. The van der Waals surface area contributed by atoms with Crippen LogP contribution in [-0.4, -0.2) is 25.9 Å². The van der Waals surface area contributed by atoms with Crippen molar-refractivity contribution in [2.45, 2.75) is 13.8 Å². The van der Waals surface area contributed by atoms with E-state index in [1.807, 2.05) is 50.2 Å². The van der Waals surface area contributed by atoms with Gasteiger partial charge in [-0.25, -0.2) is 4.39 Å². The predicted octanol–water partition coefficient (Wildman–Crippen LogP) is 5.64. The molecule has 33 heavy (non-hydrogen) atoms. The number of rotatable bonds is 4. The maximum absolute atomic E-state index is 13.3. The van der Waals surface area contributed by atoms with Gasteiger partial charge in [-0.1, -0.05) is 12.1 Å². The van der Waals surface area contributed by atoms with Gasteiger partial charge in [-0.15, -0.1) is 0 Å². The Labute approximate surface area is 190 Å². The highest BCUT2D eigenvalue weighted by atomic mass is 19.1. The fourth-order valence-corrected chi connectivity index (χ4v) is 4.00. The molecule has 5 aromatic rings. The van der Waals surface area contributed by atoms with Gasteiger partial charge in [-0.3, -0.25) is 14.6 Å². The Morgan fingerprint density at radius 3 is 2.45 bits per heavy atom. The van der Waals surface area contributed by atoms with E-state index in [9.17, 15) is 9.18 Å². The third-order valence-electron chi connectivity index (χ3n) is 5.84. The lowest BCUT2D eigenvalue weighted by Crippen LogP contribution is -2.15. The molecule has 0 unspecified atom stereocenters. The van der Waals surface area contributed by atoms with E-state index in [4.69, 9.17) is 0 Å². The number of nitrogens with one attached hydrogen (secondary N) is 2. The molecule has 2 aromatic heterocycles. The second-order valence-electron chi connectivity index (χ2n) is 8.12. The number of amides is 1. The van der Waals surface area contributed by atoms with Crippen LogP contribution in [0.15, 0.2) is 66.9 Å². The molecule has 0 saturated carbocycles. The summed E-state index contributed by atoms with van der Waals surface area (Å²) in [5, 5.41) is 15.6. The van der Waals surface area contributed by atoms with E-state index < -0.39 is 0 Å². The first-order valence-electron chi connectivity index (χ1n) is 10.6. The number of halogens is 1. The van der Waals surface area contributed by atoms with E-state index in [0.717, 1.165) is 44.4 Å². The number of carbonyl (C=O) groups is 1. The summed E-state index contributed by atoms with van der Waals surface area (Å²) in [4.78, 5) is 12.9. The van der Waals surface area contributed by atoms with Crippen LogP contribution in [0, 0.1) is 19.7 Å². The Bertz CT molecular complexity index is 1480. The summed E-state index contributed by atoms with van der Waals surface area (Å²) in [6.07, 6.45) is 1.72. The van der Waals surface area contributed by atoms with Gasteiger partial charge < -0.3 is 5.32 Å². The molecule has 0 aliphatic rings. The van der Waals surface area contributed by atoms with Crippen molar-refractivity contribution < 1.29 is 9.18 Å². The number of nitrogens with zero attached hydrogens (tertiary/aromatic N) is 3. The third-order valence-corrected chi connectivity index (χ3v) is 5.84. The Hall–Kier alpha value is -4.26. The molecular formula is C26H22FN5O. The number of benzene rings is 3. The number of aryl methyl sites for hydroxylation is 3. The van der Waals surface area contributed by atoms with Crippen molar-refractivity contribution in [2.24, 2.45) is 7.05 Å². The van der Waals surface area contributed by atoms with Gasteiger partial charge in [-0.05, 0) is 79.1 Å². The summed E-state index contributed by atoms with van der Waals surface area (Å²) in [5.41, 5.74) is 6.94. The van der Waals surface area contributed by atoms with Gasteiger partial charge in [0.15, 0.2) is 0 Å². The average Bonchev–Trinajstić information content (AvgIpc) is 3.38. The van der Waals surface area contributed by atoms with Crippen molar-refractivity contribution in [2.75, 3.05) is 5.32 Å². The maximum atomic E-state index is 13.3. The van der Waals surface area contributed by atoms with Crippen molar-refractivity contribution >= 4 is 22.6 Å². The minimum atomic E-state index is -0.279. The lowest BCUT2D eigenvalue weighted by molar-refractivity contribution is 0.102. The SMILES string of the molecule is Cc1ccc(C(=O)Nc2c(C)cnn2C)cc1-c1ccc2c(-c3ccc(F)cc3)n[nH]c2c1. The minimum absolute atomic E-state index is 0.191. The van der Waals surface area contributed by atoms with Crippen LogP contribution < -0.4 is 5.32 Å². The van der Waals surface area contributed by atoms with Crippen LogP contribution in [0.3, 0.4) is 0 Å². The van der Waals surface area contributed by atoms with Crippen LogP contribution in [0.4, 0.5) is 10.2 Å². The van der Waals surface area contributed by atoms with E-state index in [1.54, 1.807) is 30.1 Å². The second kappa shape index (κ2) is 8.02. The summed E-state index contributed by atoms with van der Waals surface area (Å²) in [6, 6.07) is 18.0. The minimum Gasteiger partial charge on any atom is -0.307 e. The molecule has 1 amide bonds. The molecule has 0 saturated heterocycles. The molecule has 0 spiro atoms. The lowest BCUT2D eigenvalue weighted by Gasteiger charge is -2.11. The topological polar surface area (TPSA) is 75.6 Å². The molecule has 2 heterocycles. The van der Waals surface area contributed by atoms with Crippen molar-refractivity contribution in [1.29, 1.82) is 0 Å². The van der Waals surface area contributed by atoms with Crippen LogP contribution in [-0.2, 0) is 7.05 Å². The molecule has 6 nitrogen and oxygen atoms in total. The van der Waals surface area contributed by atoms with E-state index in [0.29, 0.717) is 11.4 Å². The summed E-state index contributed by atoms with van der Waals surface area (Å²) >= 11 is 0. The molecule has 3 aromatic carbocycles. The van der Waals surface area contributed by atoms with Gasteiger partial charge >= 0.3 is 0 Å². The largest absolute Gasteiger partial charge is 0.307 e. The van der Waals surface area contributed by atoms with Gasteiger partial charge in [0.1, 0.15) is 11.6 Å². The summed E-state index contributed by atoms with van der Waals surface area (Å²) in [5.74, 6) is 0.206. The van der Waals surface area contributed by atoms with Crippen molar-refractivity contribution in [3.05, 3.63) is 89.4 Å². The Morgan fingerprint density at radius 2 is 1.73 bits per heavy atom. The molecular weight excluding hydrogens is 417 g/mol. The van der Waals surface area contributed by atoms with Gasteiger partial charge in [-0.2, -0.15) is 10.2 Å². The Balaban J connectivity index is 1.49. The molecule has 5 rings (SSSR count). The molecule has 7 heteroatoms. The van der Waals surface area contributed by atoms with Gasteiger partial charge in [0.2, 0.25) is 0 Å². The summed E-state index contributed by atoms with van der Waals surface area (Å²) in [6.45, 7) is 3.92. The highest BCUT2D eigenvalue weighted by Crippen LogP contribution is 2.32. The smallest absolute Gasteiger partial charge is 0.256 e. The first kappa shape index (κ1) is 20.6. The number of hydrogen-bond donors (Lipinski definition) is 2. The third kappa shape index (κ3) is 3.78. The number of carbonyl (C=O) groups excluding carboxylic acids is 1. The lowest BCUT2D eigenvalue weighted by atomic mass is 9.96. The monoisotopic (exact) mass is 439 g/mol. The number of H-pyrrole nitrogens is 1. The van der Waals surface area contributed by atoms with Crippen LogP contribution in [0.5, 0.6) is 0 Å². The number of fused-ring (bicyclic) bond motifs is 1.